The number of esters is 1. The van der Waals surface area contributed by atoms with Gasteiger partial charge in [-0.25, -0.2) is 4.79 Å². The summed E-state index contributed by atoms with van der Waals surface area (Å²) in [7, 11) is 0. The Morgan fingerprint density at radius 3 is 1.54 bits per heavy atom. The van der Waals surface area contributed by atoms with Crippen molar-refractivity contribution in [2.45, 2.75) is 6.10 Å². The van der Waals surface area contributed by atoms with Gasteiger partial charge < -0.3 is 14.2 Å². The first kappa shape index (κ1) is 17.5. The quantitative estimate of drug-likeness (QED) is 0.567. The van der Waals surface area contributed by atoms with E-state index in [1.165, 1.54) is 0 Å². The molecule has 0 saturated heterocycles. The molecule has 0 unspecified atom stereocenters. The molecule has 0 atom stereocenters. The third-order valence-electron chi connectivity index (χ3n) is 3.64. The van der Waals surface area contributed by atoms with Crippen LogP contribution in [0.5, 0.6) is 11.5 Å². The summed E-state index contributed by atoms with van der Waals surface area (Å²) in [4.78, 5) is 12.3. The van der Waals surface area contributed by atoms with Gasteiger partial charge in [0, 0.05) is 0 Å². The van der Waals surface area contributed by atoms with Gasteiger partial charge in [-0.3, -0.25) is 0 Å². The highest BCUT2D eigenvalue weighted by atomic mass is 16.6. The first-order valence-electron chi connectivity index (χ1n) is 8.43. The van der Waals surface area contributed by atoms with Crippen molar-refractivity contribution in [3.05, 3.63) is 96.6 Å². The molecule has 4 heteroatoms. The van der Waals surface area contributed by atoms with Crippen molar-refractivity contribution in [3.8, 4) is 11.5 Å². The number of carbonyl (C=O) groups is 1. The Bertz CT molecular complexity index is 745. The number of rotatable bonds is 8. The maximum absolute atomic E-state index is 12.3. The van der Waals surface area contributed by atoms with E-state index in [0.717, 1.165) is 0 Å². The van der Waals surface area contributed by atoms with E-state index >= 15 is 0 Å². The Labute approximate surface area is 153 Å². The lowest BCUT2D eigenvalue weighted by atomic mass is 10.2. The lowest BCUT2D eigenvalue weighted by Crippen LogP contribution is -2.31. The molecule has 3 aromatic rings. The van der Waals surface area contributed by atoms with Crippen molar-refractivity contribution in [3.63, 3.8) is 0 Å². The van der Waals surface area contributed by atoms with E-state index in [-0.39, 0.29) is 13.2 Å². The molecule has 0 fully saturated rings. The zero-order chi connectivity index (χ0) is 18.0. The van der Waals surface area contributed by atoms with Gasteiger partial charge in [-0.15, -0.1) is 0 Å². The predicted octanol–water partition coefficient (Wildman–Crippen LogP) is 4.37. The number of para-hydroxylation sites is 2. The second-order valence-electron chi connectivity index (χ2n) is 5.64. The molecule has 3 aromatic carbocycles. The second kappa shape index (κ2) is 9.28. The van der Waals surface area contributed by atoms with Gasteiger partial charge in [0.05, 0.1) is 5.56 Å². The summed E-state index contributed by atoms with van der Waals surface area (Å²) in [6.07, 6.45) is -0.539. The average Bonchev–Trinajstić information content (AvgIpc) is 2.72. The molecule has 0 aliphatic rings. The smallest absolute Gasteiger partial charge is 0.338 e. The minimum atomic E-state index is -0.539. The molecule has 26 heavy (non-hydrogen) atoms. The van der Waals surface area contributed by atoms with Gasteiger partial charge in [0.15, 0.2) is 6.10 Å². The predicted molar refractivity (Wildman–Crippen MR) is 99.5 cm³/mol. The minimum Gasteiger partial charge on any atom is -0.490 e. The van der Waals surface area contributed by atoms with Crippen LogP contribution in [-0.4, -0.2) is 25.3 Å². The monoisotopic (exact) mass is 348 g/mol. The van der Waals surface area contributed by atoms with Crippen molar-refractivity contribution >= 4 is 5.97 Å². The van der Waals surface area contributed by atoms with E-state index in [0.29, 0.717) is 17.1 Å². The molecule has 0 radical (unpaired) electrons. The Hall–Kier alpha value is -3.27. The lowest BCUT2D eigenvalue weighted by Gasteiger charge is -2.19. The van der Waals surface area contributed by atoms with Gasteiger partial charge in [-0.1, -0.05) is 54.6 Å². The maximum Gasteiger partial charge on any atom is 0.338 e. The third-order valence-corrected chi connectivity index (χ3v) is 3.64. The highest BCUT2D eigenvalue weighted by molar-refractivity contribution is 5.89. The number of benzene rings is 3. The molecule has 0 aromatic heterocycles. The van der Waals surface area contributed by atoms with Crippen molar-refractivity contribution in [2.75, 3.05) is 13.2 Å². The minimum absolute atomic E-state index is 0.204. The van der Waals surface area contributed by atoms with Gasteiger partial charge in [0.2, 0.25) is 0 Å². The number of hydrogen-bond donors (Lipinski definition) is 0. The van der Waals surface area contributed by atoms with Crippen molar-refractivity contribution in [2.24, 2.45) is 0 Å². The molecule has 0 aliphatic carbocycles. The highest BCUT2D eigenvalue weighted by Crippen LogP contribution is 2.13. The maximum atomic E-state index is 12.3. The van der Waals surface area contributed by atoms with Crippen LogP contribution in [0.2, 0.25) is 0 Å². The van der Waals surface area contributed by atoms with E-state index < -0.39 is 12.1 Å². The van der Waals surface area contributed by atoms with E-state index in [9.17, 15) is 4.79 Å². The molecule has 0 aliphatic heterocycles. The van der Waals surface area contributed by atoms with Crippen LogP contribution in [-0.2, 0) is 4.74 Å². The Morgan fingerprint density at radius 2 is 1.08 bits per heavy atom. The van der Waals surface area contributed by atoms with Crippen LogP contribution >= 0.6 is 0 Å². The summed E-state index contributed by atoms with van der Waals surface area (Å²) in [5, 5.41) is 0. The Morgan fingerprint density at radius 1 is 0.654 bits per heavy atom. The molecular weight excluding hydrogens is 328 g/mol. The second-order valence-corrected chi connectivity index (χ2v) is 5.64. The summed E-state index contributed by atoms with van der Waals surface area (Å²) < 4.78 is 17.1. The summed E-state index contributed by atoms with van der Waals surface area (Å²) in [5.41, 5.74) is 0.497. The topological polar surface area (TPSA) is 44.8 Å². The van der Waals surface area contributed by atoms with Crippen molar-refractivity contribution in [1.29, 1.82) is 0 Å². The van der Waals surface area contributed by atoms with E-state index in [1.54, 1.807) is 24.3 Å². The molecule has 0 spiro atoms. The largest absolute Gasteiger partial charge is 0.490 e. The Balaban J connectivity index is 1.63. The molecule has 132 valence electrons. The zero-order valence-corrected chi connectivity index (χ0v) is 14.3. The van der Waals surface area contributed by atoms with Crippen molar-refractivity contribution in [1.82, 2.24) is 0 Å². The number of carbonyl (C=O) groups excluding carboxylic acids is 1. The number of ether oxygens (including phenoxy) is 3. The van der Waals surface area contributed by atoms with Crippen LogP contribution in [0.1, 0.15) is 10.4 Å². The lowest BCUT2D eigenvalue weighted by molar-refractivity contribution is 0.00258. The van der Waals surface area contributed by atoms with Gasteiger partial charge in [-0.2, -0.15) is 0 Å². The van der Waals surface area contributed by atoms with Gasteiger partial charge in [0.1, 0.15) is 24.7 Å². The number of hydrogen-bond acceptors (Lipinski definition) is 4. The summed E-state index contributed by atoms with van der Waals surface area (Å²) in [5.74, 6) is 1.03. The molecule has 0 saturated carbocycles. The van der Waals surface area contributed by atoms with Gasteiger partial charge >= 0.3 is 5.97 Å². The fraction of sp³-hybridized carbons (Fsp3) is 0.136. The molecule has 0 bridgehead atoms. The first-order chi connectivity index (χ1) is 12.8. The van der Waals surface area contributed by atoms with Crippen LogP contribution in [0.4, 0.5) is 0 Å². The fourth-order valence-corrected chi connectivity index (χ4v) is 2.32. The summed E-state index contributed by atoms with van der Waals surface area (Å²) in [6, 6.07) is 27.7. The SMILES string of the molecule is O=C(OC(COc1ccccc1)COc1ccccc1)c1ccccc1. The third kappa shape index (κ3) is 5.38. The van der Waals surface area contributed by atoms with Gasteiger partial charge in [0.25, 0.3) is 0 Å². The molecule has 0 heterocycles. The van der Waals surface area contributed by atoms with E-state index in [4.69, 9.17) is 14.2 Å². The molecule has 0 N–H and O–H groups in total. The van der Waals surface area contributed by atoms with E-state index in [2.05, 4.69) is 0 Å². The van der Waals surface area contributed by atoms with Gasteiger partial charge in [-0.05, 0) is 36.4 Å². The van der Waals surface area contributed by atoms with Crippen LogP contribution in [0, 0.1) is 0 Å². The first-order valence-corrected chi connectivity index (χ1v) is 8.43. The molecule has 3 rings (SSSR count). The molecule has 4 nitrogen and oxygen atoms in total. The van der Waals surface area contributed by atoms with Crippen LogP contribution in [0.25, 0.3) is 0 Å². The van der Waals surface area contributed by atoms with Crippen molar-refractivity contribution < 1.29 is 19.0 Å². The molecule has 0 amide bonds. The van der Waals surface area contributed by atoms with E-state index in [1.807, 2.05) is 66.7 Å². The highest BCUT2D eigenvalue weighted by Gasteiger charge is 2.18. The normalized spacial score (nSPS) is 10.3. The standard InChI is InChI=1S/C22H20O4/c23-22(18-10-4-1-5-11-18)26-21(16-24-19-12-6-2-7-13-19)17-25-20-14-8-3-9-15-20/h1-15,21H,16-17H2. The zero-order valence-electron chi connectivity index (χ0n) is 14.3. The van der Waals surface area contributed by atoms with Crippen LogP contribution in [0.15, 0.2) is 91.0 Å². The molecular formula is C22H20O4. The van der Waals surface area contributed by atoms with Crippen LogP contribution in [0.3, 0.4) is 0 Å². The van der Waals surface area contributed by atoms with Crippen LogP contribution < -0.4 is 9.47 Å². The fourth-order valence-electron chi connectivity index (χ4n) is 2.32. The summed E-state index contributed by atoms with van der Waals surface area (Å²) in [6.45, 7) is 0.408. The Kier molecular flexibility index (Phi) is 6.26. The average molecular weight is 348 g/mol. The summed E-state index contributed by atoms with van der Waals surface area (Å²) >= 11 is 0.